The molecule has 0 spiro atoms. The molecule has 1 aliphatic heterocycles. The van der Waals surface area contributed by atoms with Crippen LogP contribution in [0.3, 0.4) is 0 Å². The third-order valence-electron chi connectivity index (χ3n) is 4.66. The summed E-state index contributed by atoms with van der Waals surface area (Å²) in [6.07, 6.45) is 7.72. The summed E-state index contributed by atoms with van der Waals surface area (Å²) in [5, 5.41) is 8.85. The standard InChI is InChI=1S/C22H24F2N4O2/c1-3-7-25-18(4-2)22-26-13-15-14-28(8-6-19(15)27-22)16-11-17(23)21(24)20(12-16)30-10-5-9-29/h3-4,7,11-13,29H,1,5-6,8-10,14H2,2H3/b18-4-,25-7?. The minimum Gasteiger partial charge on any atom is -0.490 e. The summed E-state index contributed by atoms with van der Waals surface area (Å²) >= 11 is 0. The fourth-order valence-corrected chi connectivity index (χ4v) is 3.14. The molecule has 0 unspecified atom stereocenters. The van der Waals surface area contributed by atoms with E-state index < -0.39 is 11.6 Å². The largest absolute Gasteiger partial charge is 0.490 e. The van der Waals surface area contributed by atoms with Crippen molar-refractivity contribution in [3.8, 4) is 5.75 Å². The van der Waals surface area contributed by atoms with E-state index in [4.69, 9.17) is 9.84 Å². The first-order chi connectivity index (χ1) is 14.6. The van der Waals surface area contributed by atoms with Crippen LogP contribution in [0.4, 0.5) is 14.5 Å². The number of halogens is 2. The van der Waals surface area contributed by atoms with Gasteiger partial charge in [-0.05, 0) is 6.92 Å². The highest BCUT2D eigenvalue weighted by molar-refractivity contribution is 5.78. The van der Waals surface area contributed by atoms with Gasteiger partial charge in [0.05, 0.1) is 12.3 Å². The number of hydrogen-bond acceptors (Lipinski definition) is 6. The highest BCUT2D eigenvalue weighted by Gasteiger charge is 2.22. The number of hydrogen-bond donors (Lipinski definition) is 1. The van der Waals surface area contributed by atoms with Crippen LogP contribution in [0.5, 0.6) is 5.75 Å². The number of rotatable bonds is 8. The Hall–Kier alpha value is -3.13. The van der Waals surface area contributed by atoms with Crippen LogP contribution in [0.1, 0.15) is 30.4 Å². The Balaban J connectivity index is 1.81. The molecule has 0 amide bonds. The Morgan fingerprint density at radius 3 is 2.97 bits per heavy atom. The summed E-state index contributed by atoms with van der Waals surface area (Å²) in [6, 6.07) is 2.65. The molecule has 158 valence electrons. The highest BCUT2D eigenvalue weighted by atomic mass is 19.2. The molecule has 0 aliphatic carbocycles. The van der Waals surface area contributed by atoms with Crippen LogP contribution in [0.25, 0.3) is 5.70 Å². The lowest BCUT2D eigenvalue weighted by Gasteiger charge is -2.30. The average Bonchev–Trinajstić information content (AvgIpc) is 2.76. The van der Waals surface area contributed by atoms with Crippen LogP contribution in [0.2, 0.25) is 0 Å². The second kappa shape index (κ2) is 10.1. The maximum absolute atomic E-state index is 14.1. The van der Waals surface area contributed by atoms with Crippen LogP contribution in [-0.2, 0) is 13.0 Å². The van der Waals surface area contributed by atoms with Gasteiger partial charge in [0, 0.05) is 68.3 Å². The molecule has 2 aromatic rings. The Labute approximate surface area is 174 Å². The monoisotopic (exact) mass is 414 g/mol. The molecule has 0 radical (unpaired) electrons. The van der Waals surface area contributed by atoms with Crippen LogP contribution in [0, 0.1) is 11.6 Å². The first-order valence-corrected chi connectivity index (χ1v) is 9.71. The summed E-state index contributed by atoms with van der Waals surface area (Å²) < 4.78 is 33.4. The van der Waals surface area contributed by atoms with Gasteiger partial charge in [0.25, 0.3) is 0 Å². The predicted octanol–water partition coefficient (Wildman–Crippen LogP) is 3.70. The molecule has 6 nitrogen and oxygen atoms in total. The number of ether oxygens (including phenoxy) is 1. The van der Waals surface area contributed by atoms with Crippen molar-refractivity contribution >= 4 is 17.6 Å². The van der Waals surface area contributed by atoms with E-state index in [1.165, 1.54) is 6.07 Å². The van der Waals surface area contributed by atoms with Crippen molar-refractivity contribution in [3.63, 3.8) is 0 Å². The molecule has 0 bridgehead atoms. The number of aromatic nitrogens is 2. The van der Waals surface area contributed by atoms with Crippen LogP contribution >= 0.6 is 0 Å². The summed E-state index contributed by atoms with van der Waals surface area (Å²) in [6.45, 7) is 6.56. The predicted molar refractivity (Wildman–Crippen MR) is 113 cm³/mol. The molecule has 3 rings (SSSR count). The minimum atomic E-state index is -1.03. The van der Waals surface area contributed by atoms with E-state index in [1.54, 1.807) is 18.5 Å². The zero-order chi connectivity index (χ0) is 21.5. The first kappa shape index (κ1) is 21.6. The Morgan fingerprint density at radius 1 is 1.40 bits per heavy atom. The third-order valence-corrected chi connectivity index (χ3v) is 4.66. The molecule has 30 heavy (non-hydrogen) atoms. The van der Waals surface area contributed by atoms with Crippen LogP contribution in [-0.4, -0.2) is 41.0 Å². The number of allylic oxidation sites excluding steroid dienone is 2. The molecule has 0 atom stereocenters. The normalized spacial score (nSPS) is 14.1. The van der Waals surface area contributed by atoms with E-state index >= 15 is 0 Å². The van der Waals surface area contributed by atoms with Crippen molar-refractivity contribution in [2.75, 3.05) is 24.7 Å². The quantitative estimate of drug-likeness (QED) is 0.527. The molecule has 1 aliphatic rings. The van der Waals surface area contributed by atoms with Gasteiger partial charge in [0.15, 0.2) is 17.4 Å². The molecular formula is C22H24F2N4O2. The van der Waals surface area contributed by atoms with Crippen LogP contribution in [0.15, 0.2) is 42.1 Å². The van der Waals surface area contributed by atoms with Crippen molar-refractivity contribution in [1.82, 2.24) is 9.97 Å². The van der Waals surface area contributed by atoms with E-state index in [2.05, 4.69) is 21.5 Å². The van der Waals surface area contributed by atoms with Gasteiger partial charge in [-0.15, -0.1) is 0 Å². The van der Waals surface area contributed by atoms with E-state index in [0.29, 0.717) is 43.1 Å². The van der Waals surface area contributed by atoms with E-state index in [1.807, 2.05) is 17.9 Å². The van der Waals surface area contributed by atoms with Gasteiger partial charge in [-0.2, -0.15) is 4.39 Å². The number of nitrogens with zero attached hydrogens (tertiary/aromatic N) is 4. The summed E-state index contributed by atoms with van der Waals surface area (Å²) in [5.74, 6) is -1.62. The van der Waals surface area contributed by atoms with E-state index in [0.717, 1.165) is 17.3 Å². The van der Waals surface area contributed by atoms with Gasteiger partial charge in [-0.25, -0.2) is 14.4 Å². The zero-order valence-corrected chi connectivity index (χ0v) is 16.8. The van der Waals surface area contributed by atoms with Gasteiger partial charge in [0.2, 0.25) is 5.82 Å². The SMILES string of the molecule is C=CC=N/C(=C\C)c1ncc2c(n1)CCN(c1cc(F)c(F)c(OCCCO)c1)C2. The van der Waals surface area contributed by atoms with E-state index in [9.17, 15) is 8.78 Å². The summed E-state index contributed by atoms with van der Waals surface area (Å²) in [4.78, 5) is 15.2. The first-order valence-electron chi connectivity index (χ1n) is 9.71. The zero-order valence-electron chi connectivity index (χ0n) is 16.8. The molecular weight excluding hydrogens is 390 g/mol. The van der Waals surface area contributed by atoms with Gasteiger partial charge in [0.1, 0.15) is 5.70 Å². The van der Waals surface area contributed by atoms with Crippen molar-refractivity contribution in [2.24, 2.45) is 4.99 Å². The summed E-state index contributed by atoms with van der Waals surface area (Å²) in [5.41, 5.74) is 3.00. The van der Waals surface area contributed by atoms with Crippen molar-refractivity contribution in [3.05, 3.63) is 65.8 Å². The lowest BCUT2D eigenvalue weighted by atomic mass is 10.1. The molecule has 1 aromatic heterocycles. The molecule has 0 fully saturated rings. The van der Waals surface area contributed by atoms with Gasteiger partial charge in [-0.1, -0.05) is 18.7 Å². The van der Waals surface area contributed by atoms with Gasteiger partial charge in [-0.3, -0.25) is 4.99 Å². The second-order valence-corrected chi connectivity index (χ2v) is 6.69. The Kier molecular flexibility index (Phi) is 7.24. The van der Waals surface area contributed by atoms with Crippen molar-refractivity contribution in [1.29, 1.82) is 0 Å². The number of aliphatic hydroxyl groups excluding tert-OH is 1. The fraction of sp³-hybridized carbons (Fsp3) is 0.318. The lowest BCUT2D eigenvalue weighted by Crippen LogP contribution is -2.31. The Bertz CT molecular complexity index is 976. The molecule has 2 heterocycles. The van der Waals surface area contributed by atoms with Crippen molar-refractivity contribution < 1.29 is 18.6 Å². The fourth-order valence-electron chi connectivity index (χ4n) is 3.14. The number of fused-ring (bicyclic) bond motifs is 1. The minimum absolute atomic E-state index is 0.0808. The average molecular weight is 414 g/mol. The molecule has 1 N–H and O–H groups in total. The van der Waals surface area contributed by atoms with Gasteiger partial charge >= 0.3 is 0 Å². The summed E-state index contributed by atoms with van der Waals surface area (Å²) in [7, 11) is 0. The maximum atomic E-state index is 14.1. The molecule has 8 heteroatoms. The maximum Gasteiger partial charge on any atom is 0.200 e. The Morgan fingerprint density at radius 2 is 2.23 bits per heavy atom. The number of aliphatic imine (C=N–C) groups is 1. The highest BCUT2D eigenvalue weighted by Crippen LogP contribution is 2.31. The topological polar surface area (TPSA) is 70.8 Å². The van der Waals surface area contributed by atoms with Gasteiger partial charge < -0.3 is 14.7 Å². The lowest BCUT2D eigenvalue weighted by molar-refractivity contribution is 0.227. The second-order valence-electron chi connectivity index (χ2n) is 6.69. The molecule has 1 aromatic carbocycles. The number of benzene rings is 1. The van der Waals surface area contributed by atoms with Crippen LogP contribution < -0.4 is 9.64 Å². The molecule has 0 saturated heterocycles. The smallest absolute Gasteiger partial charge is 0.200 e. The van der Waals surface area contributed by atoms with Crippen molar-refractivity contribution in [2.45, 2.75) is 26.3 Å². The number of aliphatic hydroxyl groups is 1. The number of anilines is 1. The van der Waals surface area contributed by atoms with E-state index in [-0.39, 0.29) is 19.0 Å². The third kappa shape index (κ3) is 4.88. The molecule has 0 saturated carbocycles.